The van der Waals surface area contributed by atoms with Gasteiger partial charge in [0.05, 0.1) is 12.7 Å². The second-order valence-corrected chi connectivity index (χ2v) is 5.23. The summed E-state index contributed by atoms with van der Waals surface area (Å²) in [5.74, 6) is 0. The van der Waals surface area contributed by atoms with E-state index in [4.69, 9.17) is 10.5 Å². The van der Waals surface area contributed by atoms with Crippen LogP contribution in [-0.2, 0) is 11.2 Å². The number of ether oxygens (including phenoxy) is 1. The maximum Gasteiger partial charge on any atom is 0.0714 e. The van der Waals surface area contributed by atoms with Crippen LogP contribution in [-0.4, -0.2) is 43.8 Å². The van der Waals surface area contributed by atoms with Crippen LogP contribution in [0.5, 0.6) is 0 Å². The Balaban J connectivity index is 1.72. The third-order valence-corrected chi connectivity index (χ3v) is 3.90. The molecule has 3 nitrogen and oxygen atoms in total. The molecule has 0 amide bonds. The molecule has 0 aromatic carbocycles. The van der Waals surface area contributed by atoms with Crippen LogP contribution in [0.3, 0.4) is 0 Å². The Morgan fingerprint density at radius 1 is 1.56 bits per heavy atom. The minimum absolute atomic E-state index is 0.349. The van der Waals surface area contributed by atoms with Gasteiger partial charge in [0.1, 0.15) is 0 Å². The number of nitrogens with two attached hydrogens (primary N) is 1. The summed E-state index contributed by atoms with van der Waals surface area (Å²) < 4.78 is 5.67. The van der Waals surface area contributed by atoms with Crippen LogP contribution in [0.1, 0.15) is 11.3 Å². The van der Waals surface area contributed by atoms with Crippen LogP contribution in [0.2, 0.25) is 0 Å². The Morgan fingerprint density at radius 3 is 3.25 bits per heavy atom. The molecule has 16 heavy (non-hydrogen) atoms. The van der Waals surface area contributed by atoms with Gasteiger partial charge in [-0.05, 0) is 30.8 Å². The summed E-state index contributed by atoms with van der Waals surface area (Å²) in [6, 6.07) is 4.33. The van der Waals surface area contributed by atoms with Crippen LogP contribution in [0, 0.1) is 0 Å². The molecule has 0 saturated carbocycles. The highest BCUT2D eigenvalue weighted by Crippen LogP contribution is 2.12. The summed E-state index contributed by atoms with van der Waals surface area (Å²) >= 11 is 1.84. The lowest BCUT2D eigenvalue weighted by Gasteiger charge is -2.32. The molecule has 1 fully saturated rings. The average Bonchev–Trinajstić information content (AvgIpc) is 2.80. The summed E-state index contributed by atoms with van der Waals surface area (Å²) in [7, 11) is 0. The van der Waals surface area contributed by atoms with Crippen molar-refractivity contribution < 1.29 is 4.74 Å². The van der Waals surface area contributed by atoms with Gasteiger partial charge in [0.15, 0.2) is 0 Å². The van der Waals surface area contributed by atoms with E-state index < -0.39 is 0 Å². The highest BCUT2D eigenvalue weighted by Gasteiger charge is 2.19. The summed E-state index contributed by atoms with van der Waals surface area (Å²) in [5, 5.41) is 2.14. The van der Waals surface area contributed by atoms with Crippen molar-refractivity contribution in [1.82, 2.24) is 4.90 Å². The first kappa shape index (κ1) is 12.0. The molecule has 1 aliphatic rings. The van der Waals surface area contributed by atoms with E-state index in [0.717, 1.165) is 45.6 Å². The van der Waals surface area contributed by atoms with Gasteiger partial charge in [-0.1, -0.05) is 6.07 Å². The van der Waals surface area contributed by atoms with Gasteiger partial charge in [0, 0.05) is 24.5 Å². The van der Waals surface area contributed by atoms with E-state index in [0.29, 0.717) is 6.10 Å². The molecule has 2 heterocycles. The number of thiophene rings is 1. The molecule has 1 aromatic rings. The monoisotopic (exact) mass is 240 g/mol. The molecular weight excluding hydrogens is 220 g/mol. The largest absolute Gasteiger partial charge is 0.376 e. The van der Waals surface area contributed by atoms with Gasteiger partial charge in [0.2, 0.25) is 0 Å². The van der Waals surface area contributed by atoms with Gasteiger partial charge >= 0.3 is 0 Å². The van der Waals surface area contributed by atoms with Gasteiger partial charge in [0.25, 0.3) is 0 Å². The van der Waals surface area contributed by atoms with Gasteiger partial charge in [-0.2, -0.15) is 0 Å². The number of hydrogen-bond donors (Lipinski definition) is 1. The summed E-state index contributed by atoms with van der Waals surface area (Å²) in [6.07, 6.45) is 2.49. The molecule has 0 bridgehead atoms. The molecular formula is C12H20N2OS. The maximum absolute atomic E-state index is 5.67. The van der Waals surface area contributed by atoms with Gasteiger partial charge in [-0.15, -0.1) is 11.3 Å². The molecule has 2 rings (SSSR count). The fourth-order valence-corrected chi connectivity index (χ4v) is 2.77. The highest BCUT2D eigenvalue weighted by atomic mass is 32.1. The standard InChI is InChI=1S/C12H20N2OS/c13-5-3-11-10-14(7-8-15-11)6-4-12-2-1-9-16-12/h1-2,9,11H,3-8,10,13H2. The Hall–Kier alpha value is -0.420. The zero-order valence-electron chi connectivity index (χ0n) is 9.60. The summed E-state index contributed by atoms with van der Waals surface area (Å²) in [6.45, 7) is 4.83. The normalized spacial score (nSPS) is 22.4. The smallest absolute Gasteiger partial charge is 0.0714 e. The fraction of sp³-hybridized carbons (Fsp3) is 0.667. The number of rotatable bonds is 5. The van der Waals surface area contributed by atoms with Crippen LogP contribution in [0.4, 0.5) is 0 Å². The molecule has 1 aliphatic heterocycles. The first-order valence-corrected chi connectivity index (χ1v) is 6.83. The SMILES string of the molecule is NCCC1CN(CCc2cccs2)CCO1. The van der Waals surface area contributed by atoms with Crippen molar-refractivity contribution in [1.29, 1.82) is 0 Å². The van der Waals surface area contributed by atoms with Crippen molar-refractivity contribution in [2.75, 3.05) is 32.8 Å². The first-order chi connectivity index (χ1) is 7.88. The van der Waals surface area contributed by atoms with E-state index in [1.165, 1.54) is 4.88 Å². The Kier molecular flexibility index (Phi) is 4.78. The van der Waals surface area contributed by atoms with Gasteiger partial charge in [-0.3, -0.25) is 4.90 Å². The van der Waals surface area contributed by atoms with Crippen molar-refractivity contribution in [3.05, 3.63) is 22.4 Å². The van der Waals surface area contributed by atoms with Crippen LogP contribution < -0.4 is 5.73 Å². The lowest BCUT2D eigenvalue weighted by molar-refractivity contribution is -0.0301. The third kappa shape index (κ3) is 3.56. The van der Waals surface area contributed by atoms with E-state index in [2.05, 4.69) is 22.4 Å². The predicted octanol–water partition coefficient (Wildman–Crippen LogP) is 1.34. The minimum Gasteiger partial charge on any atom is -0.376 e. The van der Waals surface area contributed by atoms with Crippen molar-refractivity contribution in [3.8, 4) is 0 Å². The molecule has 1 aromatic heterocycles. The average molecular weight is 240 g/mol. The fourth-order valence-electron chi connectivity index (χ4n) is 2.07. The van der Waals surface area contributed by atoms with Crippen molar-refractivity contribution >= 4 is 11.3 Å². The maximum atomic E-state index is 5.67. The first-order valence-electron chi connectivity index (χ1n) is 5.95. The number of nitrogens with zero attached hydrogens (tertiary/aromatic N) is 1. The molecule has 1 unspecified atom stereocenters. The van der Waals surface area contributed by atoms with Gasteiger partial charge < -0.3 is 10.5 Å². The van der Waals surface area contributed by atoms with Gasteiger partial charge in [-0.25, -0.2) is 0 Å². The predicted molar refractivity (Wildman–Crippen MR) is 67.9 cm³/mol. The Morgan fingerprint density at radius 2 is 2.50 bits per heavy atom. The van der Waals surface area contributed by atoms with Crippen LogP contribution in [0.15, 0.2) is 17.5 Å². The molecule has 0 aliphatic carbocycles. The minimum atomic E-state index is 0.349. The van der Waals surface area contributed by atoms with Crippen LogP contribution >= 0.6 is 11.3 Å². The number of hydrogen-bond acceptors (Lipinski definition) is 4. The second-order valence-electron chi connectivity index (χ2n) is 4.20. The highest BCUT2D eigenvalue weighted by molar-refractivity contribution is 7.09. The number of morpholine rings is 1. The zero-order chi connectivity index (χ0) is 11.2. The Labute approximate surface area is 101 Å². The van der Waals surface area contributed by atoms with E-state index in [1.54, 1.807) is 0 Å². The lowest BCUT2D eigenvalue weighted by Crippen LogP contribution is -2.43. The van der Waals surface area contributed by atoms with Crippen LogP contribution in [0.25, 0.3) is 0 Å². The van der Waals surface area contributed by atoms with Crippen molar-refractivity contribution in [3.63, 3.8) is 0 Å². The summed E-state index contributed by atoms with van der Waals surface area (Å²) in [4.78, 5) is 3.96. The molecule has 4 heteroatoms. The summed E-state index contributed by atoms with van der Waals surface area (Å²) in [5.41, 5.74) is 5.56. The molecule has 1 atom stereocenters. The lowest BCUT2D eigenvalue weighted by atomic mass is 10.2. The van der Waals surface area contributed by atoms with E-state index in [-0.39, 0.29) is 0 Å². The second kappa shape index (κ2) is 6.35. The molecule has 1 saturated heterocycles. The quantitative estimate of drug-likeness (QED) is 0.844. The topological polar surface area (TPSA) is 38.5 Å². The third-order valence-electron chi connectivity index (χ3n) is 2.97. The molecule has 0 spiro atoms. The molecule has 2 N–H and O–H groups in total. The Bertz CT molecular complexity index is 287. The van der Waals surface area contributed by atoms with E-state index in [9.17, 15) is 0 Å². The van der Waals surface area contributed by atoms with E-state index >= 15 is 0 Å². The molecule has 90 valence electrons. The van der Waals surface area contributed by atoms with E-state index in [1.807, 2.05) is 11.3 Å². The molecule has 0 radical (unpaired) electrons. The van der Waals surface area contributed by atoms with Crippen molar-refractivity contribution in [2.24, 2.45) is 5.73 Å². The van der Waals surface area contributed by atoms with Crippen molar-refractivity contribution in [2.45, 2.75) is 18.9 Å². The zero-order valence-corrected chi connectivity index (χ0v) is 10.4.